The second kappa shape index (κ2) is 15.4. The first-order valence-electron chi connectivity index (χ1n) is 23.4. The number of H-pyrrole nitrogens is 3. The van der Waals surface area contributed by atoms with Crippen LogP contribution in [0.4, 0.5) is 0 Å². The summed E-state index contributed by atoms with van der Waals surface area (Å²) in [7, 11) is 2.12. The number of aromatic amines is 3. The van der Waals surface area contributed by atoms with Crippen molar-refractivity contribution in [3.8, 4) is 0 Å². The Balaban J connectivity index is 0.000000208. The third kappa shape index (κ3) is 8.58. The van der Waals surface area contributed by atoms with Crippen LogP contribution >= 0.6 is 0 Å². The van der Waals surface area contributed by atoms with Crippen molar-refractivity contribution in [2.75, 3.05) is 54.5 Å². The van der Waals surface area contributed by atoms with Crippen molar-refractivity contribution in [2.24, 2.45) is 0 Å². The Hall–Kier alpha value is -3.84. The topological polar surface area (TPSA) is 65.9 Å². The van der Waals surface area contributed by atoms with Crippen LogP contribution in [0.5, 0.6) is 0 Å². The van der Waals surface area contributed by atoms with Gasteiger partial charge in [0.1, 0.15) is 0 Å². The van der Waals surface area contributed by atoms with E-state index in [2.05, 4.69) is 15.0 Å². The van der Waals surface area contributed by atoms with Gasteiger partial charge in [-0.2, -0.15) is 0 Å². The molecule has 0 saturated carbocycles. The van der Waals surface area contributed by atoms with Crippen LogP contribution in [0, 0.1) is 6.92 Å². The lowest BCUT2D eigenvalue weighted by molar-refractivity contribution is 0.414. The average molecular weight is 586 g/mol. The molecule has 0 amide bonds. The molecule has 0 aliphatic heterocycles. The van der Waals surface area contributed by atoms with Gasteiger partial charge in [-0.25, -0.2) is 0 Å². The smallest absolute Gasteiger partial charge is 0.0456 e. The molecular weight excluding hydrogens is 516 g/mol. The second-order valence-corrected chi connectivity index (χ2v) is 9.21. The zero-order chi connectivity index (χ0) is 48.2. The van der Waals surface area contributed by atoms with Gasteiger partial charge in [0, 0.05) is 93.1 Å². The van der Waals surface area contributed by atoms with Crippen LogP contribution in [-0.2, 0) is 19.1 Å². The van der Waals surface area contributed by atoms with E-state index in [0.29, 0.717) is 42.5 Å². The Labute approximate surface area is 280 Å². The molecule has 6 nitrogen and oxygen atoms in total. The lowest BCUT2D eigenvalue weighted by atomic mass is 10.1. The van der Waals surface area contributed by atoms with Crippen LogP contribution in [-0.4, -0.2) is 79.3 Å². The molecule has 6 rings (SSSR count). The normalized spacial score (nSPS) is 21.6. The summed E-state index contributed by atoms with van der Waals surface area (Å²) in [5.41, 5.74) is 3.20. The Bertz CT molecular complexity index is 2490. The van der Waals surface area contributed by atoms with Gasteiger partial charge in [-0.1, -0.05) is 48.0 Å². The number of likely N-dealkylation sites (N-methyl/N-ethyl adjacent to an activating group) is 3. The van der Waals surface area contributed by atoms with Crippen LogP contribution < -0.4 is 5.32 Å². The number of aromatic nitrogens is 3. The highest BCUT2D eigenvalue weighted by molar-refractivity contribution is 5.84. The fraction of sp³-hybridized carbons (Fsp3) is 0.333. The predicted molar refractivity (Wildman–Crippen MR) is 182 cm³/mol. The summed E-state index contributed by atoms with van der Waals surface area (Å²) in [6.07, 6.45) is -3.38. The molecule has 0 bridgehead atoms. The molecule has 0 atom stereocenters. The fourth-order valence-electron chi connectivity index (χ4n) is 4.07. The van der Waals surface area contributed by atoms with Crippen molar-refractivity contribution in [3.63, 3.8) is 0 Å². The highest BCUT2D eigenvalue weighted by Crippen LogP contribution is 2.21. The van der Waals surface area contributed by atoms with E-state index in [1.165, 1.54) is 18.6 Å². The molecule has 0 fully saturated rings. The Morgan fingerprint density at radius 3 is 1.71 bits per heavy atom. The molecule has 222 valence electrons. The molecule has 6 heteroatoms. The van der Waals surface area contributed by atoms with E-state index in [1.807, 2.05) is 13.0 Å². The van der Waals surface area contributed by atoms with Crippen LogP contribution in [0.15, 0.2) is 85.3 Å². The molecule has 42 heavy (non-hydrogen) atoms. The molecule has 3 aromatic carbocycles. The Morgan fingerprint density at radius 2 is 1.17 bits per heavy atom. The van der Waals surface area contributed by atoms with Crippen LogP contribution in [0.1, 0.15) is 51.0 Å². The van der Waals surface area contributed by atoms with Gasteiger partial charge in [-0.05, 0) is 109 Å². The maximum Gasteiger partial charge on any atom is 0.0456 e. The minimum atomic E-state index is -2.77. The van der Waals surface area contributed by atoms with E-state index in [0.717, 1.165) is 19.7 Å². The van der Waals surface area contributed by atoms with E-state index < -0.39 is 59.5 Å². The molecule has 3 aromatic heterocycles. The first-order valence-corrected chi connectivity index (χ1v) is 12.9. The molecule has 6 aromatic rings. The standard InChI is InChI=1S/C13H18N2.C12H16N2.C11H14N2/c1-10-4-5-13-12(8-10)11(9-14-13)6-7-15(2)3;1-14(2)8-7-10-9-13-12-6-4-3-5-11(10)12;1-12-7-6-9-8-13-11-5-3-2-4-10(9)11/h4-5,8-9,14H,6-7H2,1-3H3;3-6,9,13H,7-8H2,1-2H3;2-5,8,12-13H,6-7H2,1H3/i2D3,6D2,7D2;1D3,7D2,8D2;1D3,6D2,7D2. The van der Waals surface area contributed by atoms with E-state index in [9.17, 15) is 0 Å². The largest absolute Gasteiger partial charge is 0.361 e. The summed E-state index contributed by atoms with van der Waals surface area (Å²) in [4.78, 5) is 9.54. The van der Waals surface area contributed by atoms with Crippen molar-refractivity contribution < 1.29 is 28.8 Å². The van der Waals surface area contributed by atoms with Crippen LogP contribution in [0.25, 0.3) is 32.7 Å². The number of hydrogen-bond donors (Lipinski definition) is 4. The molecule has 4 N–H and O–H groups in total. The molecule has 0 radical (unpaired) electrons. The minimum Gasteiger partial charge on any atom is -0.361 e. The number of rotatable bonds is 9. The summed E-state index contributed by atoms with van der Waals surface area (Å²) < 4.78 is 161. The molecule has 0 unspecified atom stereocenters. The zero-order valence-electron chi connectivity index (χ0n) is 44.5. The van der Waals surface area contributed by atoms with Crippen molar-refractivity contribution >= 4 is 32.7 Å². The number of aryl methyl sites for hydroxylation is 4. The van der Waals surface area contributed by atoms with Gasteiger partial charge >= 0.3 is 0 Å². The molecular formula is C36H48N6. The van der Waals surface area contributed by atoms with Crippen LogP contribution in [0.2, 0.25) is 0 Å². The van der Waals surface area contributed by atoms with Gasteiger partial charge < -0.3 is 30.1 Å². The first kappa shape index (κ1) is 13.6. The fourth-order valence-corrected chi connectivity index (χ4v) is 4.07. The third-order valence-corrected chi connectivity index (χ3v) is 5.99. The number of fused-ring (bicyclic) bond motifs is 3. The second-order valence-electron chi connectivity index (χ2n) is 9.21. The van der Waals surface area contributed by atoms with Gasteiger partial charge in [0.2, 0.25) is 0 Å². The van der Waals surface area contributed by atoms with Gasteiger partial charge in [0.05, 0.1) is 0 Å². The maximum absolute atomic E-state index is 8.23. The molecule has 0 aliphatic carbocycles. The van der Waals surface area contributed by atoms with Crippen molar-refractivity contribution in [1.82, 2.24) is 30.1 Å². The molecule has 0 spiro atoms. The quantitative estimate of drug-likeness (QED) is 0.151. The van der Waals surface area contributed by atoms with Crippen molar-refractivity contribution in [2.45, 2.75) is 26.0 Å². The van der Waals surface area contributed by atoms with Crippen molar-refractivity contribution in [3.05, 3.63) is 108 Å². The zero-order valence-corrected chi connectivity index (χ0v) is 23.5. The van der Waals surface area contributed by atoms with Gasteiger partial charge in [0.25, 0.3) is 0 Å². The molecule has 0 aliphatic rings. The lowest BCUT2D eigenvalue weighted by Gasteiger charge is -2.08. The summed E-state index contributed by atoms with van der Waals surface area (Å²) >= 11 is 0. The average Bonchev–Trinajstić information content (AvgIpc) is 3.90. The SMILES string of the molecule is [2H]C([2H])([2H])N(C)C([2H])([2H])C([2H])([2H])c1c[nH]c2ccc(C)cc12.[2H]C([2H])([2H])N(C)C([2H])([2H])C([2H])([2H])c1c[nH]c2ccccc12.[2H]C([2H])([2H])NC([2H])([2H])C([2H])([2H])c1c[nH]c2ccccc12. The summed E-state index contributed by atoms with van der Waals surface area (Å²) in [5.74, 6) is 0. The highest BCUT2D eigenvalue weighted by Gasteiger charge is 2.04. The Kier molecular flexibility index (Phi) is 5.00. The molecule has 3 heterocycles. The predicted octanol–water partition coefficient (Wildman–Crippen LogP) is 6.78. The highest BCUT2D eigenvalue weighted by atomic mass is 15.0. The summed E-state index contributed by atoms with van der Waals surface area (Å²) in [6, 6.07) is 19.2. The molecule has 0 saturated heterocycles. The number of nitrogens with one attached hydrogen (secondary N) is 4. The Morgan fingerprint density at radius 1 is 0.667 bits per heavy atom. The van der Waals surface area contributed by atoms with E-state index in [1.54, 1.807) is 66.0 Å². The third-order valence-electron chi connectivity index (χ3n) is 5.99. The number of para-hydroxylation sites is 2. The minimum absolute atomic E-state index is 0.0786. The number of nitrogens with zero attached hydrogens (tertiary/aromatic N) is 2. The van der Waals surface area contributed by atoms with E-state index in [-0.39, 0.29) is 16.7 Å². The lowest BCUT2D eigenvalue weighted by Crippen LogP contribution is -2.14. The number of hydrogen-bond acceptors (Lipinski definition) is 3. The first-order chi connectivity index (χ1) is 28.4. The van der Waals surface area contributed by atoms with Crippen molar-refractivity contribution in [1.29, 1.82) is 0 Å². The van der Waals surface area contributed by atoms with Gasteiger partial charge in [-0.3, -0.25) is 0 Å². The monoisotopic (exact) mass is 586 g/mol. The number of benzene rings is 3. The maximum atomic E-state index is 8.23. The summed E-state index contributed by atoms with van der Waals surface area (Å²) in [5, 5.41) is 3.34. The van der Waals surface area contributed by atoms with Crippen LogP contribution in [0.3, 0.4) is 0 Å². The van der Waals surface area contributed by atoms with E-state index in [4.69, 9.17) is 28.8 Å². The van der Waals surface area contributed by atoms with Gasteiger partial charge in [-0.15, -0.1) is 0 Å². The van der Waals surface area contributed by atoms with E-state index >= 15 is 0 Å². The van der Waals surface area contributed by atoms with Gasteiger partial charge in [0.15, 0.2) is 0 Å². The summed E-state index contributed by atoms with van der Waals surface area (Å²) in [6.45, 7) is -14.6.